The number of nitrogens with one attached hydrogen (secondary N) is 2. The summed E-state index contributed by atoms with van der Waals surface area (Å²) in [5.41, 5.74) is 3.47. The van der Waals surface area contributed by atoms with E-state index in [0.29, 0.717) is 13.1 Å². The number of para-hydroxylation sites is 1. The van der Waals surface area contributed by atoms with E-state index in [1.807, 2.05) is 44.2 Å². The van der Waals surface area contributed by atoms with Crippen LogP contribution in [0.25, 0.3) is 10.9 Å². The van der Waals surface area contributed by atoms with Gasteiger partial charge in [0.2, 0.25) is 5.78 Å². The van der Waals surface area contributed by atoms with Gasteiger partial charge in [-0.2, -0.15) is 0 Å². The summed E-state index contributed by atoms with van der Waals surface area (Å²) in [5, 5.41) is 0.959. The Hall–Kier alpha value is -2.66. The maximum atomic E-state index is 13.9. The van der Waals surface area contributed by atoms with Crippen LogP contribution in [0.15, 0.2) is 42.5 Å². The Balaban J connectivity index is 1.78. The van der Waals surface area contributed by atoms with E-state index in [0.717, 1.165) is 39.2 Å². The summed E-state index contributed by atoms with van der Waals surface area (Å²) in [6.45, 7) is 5.69. The highest BCUT2D eigenvalue weighted by molar-refractivity contribution is 6.09. The first-order valence-corrected chi connectivity index (χ1v) is 8.80. The number of methoxy groups -OCH3 is 1. The number of benzene rings is 2. The molecule has 3 aromatic rings. The van der Waals surface area contributed by atoms with Crippen molar-refractivity contribution in [3.8, 4) is 5.75 Å². The van der Waals surface area contributed by atoms with Gasteiger partial charge >= 0.3 is 0 Å². The molecule has 1 unspecified atom stereocenters. The highest BCUT2D eigenvalue weighted by Gasteiger charge is 2.21. The Labute approximate surface area is 152 Å². The highest BCUT2D eigenvalue weighted by Crippen LogP contribution is 2.22. The number of hydrogen-bond donors (Lipinski definition) is 2. The summed E-state index contributed by atoms with van der Waals surface area (Å²) in [5.74, 6) is -0.0395. The zero-order chi connectivity index (χ0) is 18.7. The van der Waals surface area contributed by atoms with Crippen molar-refractivity contribution >= 4 is 16.7 Å². The second-order valence-corrected chi connectivity index (χ2v) is 6.52. The number of quaternary nitrogens is 1. The fraction of sp³-hybridized carbons (Fsp3) is 0.286. The summed E-state index contributed by atoms with van der Waals surface area (Å²) in [6.07, 6.45) is 0. The number of likely N-dealkylation sites (N-methyl/N-ethyl adjacent to an activating group) is 1. The summed E-state index contributed by atoms with van der Waals surface area (Å²) in [7, 11) is 1.45. The van der Waals surface area contributed by atoms with E-state index in [-0.39, 0.29) is 17.3 Å². The Morgan fingerprint density at radius 1 is 1.23 bits per heavy atom. The lowest BCUT2D eigenvalue weighted by molar-refractivity contribution is -0.903. The number of Topliss-reactive ketones (excluding diaryl/α,β-unsaturated/α-hetero) is 1. The van der Waals surface area contributed by atoms with Crippen LogP contribution in [0.5, 0.6) is 5.75 Å². The van der Waals surface area contributed by atoms with Crippen molar-refractivity contribution in [2.24, 2.45) is 0 Å². The normalized spacial score (nSPS) is 12.3. The molecule has 5 heteroatoms. The number of ether oxygens (including phenoxy) is 1. The molecule has 1 heterocycles. The van der Waals surface area contributed by atoms with Gasteiger partial charge in [-0.1, -0.05) is 18.2 Å². The number of hydrogen-bond acceptors (Lipinski definition) is 2. The van der Waals surface area contributed by atoms with Crippen molar-refractivity contribution in [2.45, 2.75) is 20.4 Å². The minimum atomic E-state index is -0.376. The lowest BCUT2D eigenvalue weighted by Crippen LogP contribution is -3.11. The molecular weight excluding hydrogens is 331 g/mol. The number of carbonyl (C=O) groups is 1. The lowest BCUT2D eigenvalue weighted by atomic mass is 10.1. The fourth-order valence-electron chi connectivity index (χ4n) is 3.37. The van der Waals surface area contributed by atoms with Gasteiger partial charge in [-0.15, -0.1) is 0 Å². The Bertz CT molecular complexity index is 933. The Morgan fingerprint density at radius 2 is 2.00 bits per heavy atom. The van der Waals surface area contributed by atoms with Gasteiger partial charge in [0.25, 0.3) is 0 Å². The Morgan fingerprint density at radius 3 is 2.69 bits per heavy atom. The quantitative estimate of drug-likeness (QED) is 0.640. The van der Waals surface area contributed by atoms with E-state index >= 15 is 0 Å². The average Bonchev–Trinajstić information content (AvgIpc) is 2.97. The number of aryl methyl sites for hydroxylation is 1. The first kappa shape index (κ1) is 18.1. The van der Waals surface area contributed by atoms with E-state index in [1.165, 1.54) is 13.2 Å². The van der Waals surface area contributed by atoms with Crippen molar-refractivity contribution < 1.29 is 18.8 Å². The molecule has 3 rings (SSSR count). The molecule has 0 spiro atoms. The number of halogens is 1. The maximum Gasteiger partial charge on any atom is 0.219 e. The Kier molecular flexibility index (Phi) is 5.38. The molecule has 0 fully saturated rings. The number of fused-ring (bicyclic) bond motifs is 1. The van der Waals surface area contributed by atoms with E-state index < -0.39 is 0 Å². The van der Waals surface area contributed by atoms with Crippen LogP contribution in [-0.2, 0) is 6.54 Å². The van der Waals surface area contributed by atoms with Crippen molar-refractivity contribution in [2.75, 3.05) is 20.2 Å². The summed E-state index contributed by atoms with van der Waals surface area (Å²) < 4.78 is 18.9. The van der Waals surface area contributed by atoms with E-state index in [4.69, 9.17) is 4.74 Å². The molecule has 0 aliphatic carbocycles. The van der Waals surface area contributed by atoms with Gasteiger partial charge in [0.15, 0.2) is 11.6 Å². The van der Waals surface area contributed by atoms with Crippen LogP contribution in [0.1, 0.15) is 28.5 Å². The first-order chi connectivity index (χ1) is 12.5. The fourth-order valence-corrected chi connectivity index (χ4v) is 3.37. The molecule has 2 aromatic carbocycles. The van der Waals surface area contributed by atoms with Crippen LogP contribution >= 0.6 is 0 Å². The molecule has 0 radical (unpaired) electrons. The van der Waals surface area contributed by atoms with Gasteiger partial charge in [-0.3, -0.25) is 4.79 Å². The molecule has 0 aliphatic heterocycles. The van der Waals surface area contributed by atoms with Crippen LogP contribution < -0.4 is 9.64 Å². The standard InChI is InChI=1S/C21H23FN2O2/c1-4-24(12-15-9-10-20(26-3)17(22)11-15)13-19(25)21-14(2)23-18-8-6-5-7-16(18)21/h5-11,23H,4,12-13H2,1-3H3/p+1. The predicted molar refractivity (Wildman–Crippen MR) is 100 cm³/mol. The van der Waals surface area contributed by atoms with Gasteiger partial charge < -0.3 is 14.6 Å². The van der Waals surface area contributed by atoms with Crippen LogP contribution in [0.2, 0.25) is 0 Å². The number of ketones is 1. The number of carbonyl (C=O) groups excluding carboxylic acids is 1. The third-order valence-corrected chi connectivity index (χ3v) is 4.75. The van der Waals surface area contributed by atoms with Gasteiger partial charge in [-0.25, -0.2) is 4.39 Å². The van der Waals surface area contributed by atoms with E-state index in [2.05, 4.69) is 4.98 Å². The zero-order valence-electron chi connectivity index (χ0n) is 15.4. The minimum absolute atomic E-state index is 0.103. The van der Waals surface area contributed by atoms with Crippen LogP contribution in [-0.4, -0.2) is 31.0 Å². The number of aromatic nitrogens is 1. The maximum absolute atomic E-state index is 13.9. The van der Waals surface area contributed by atoms with Gasteiger partial charge in [0.1, 0.15) is 13.1 Å². The molecule has 26 heavy (non-hydrogen) atoms. The van der Waals surface area contributed by atoms with E-state index in [1.54, 1.807) is 6.07 Å². The molecule has 0 saturated carbocycles. The molecule has 0 saturated heterocycles. The largest absolute Gasteiger partial charge is 0.494 e. The van der Waals surface area contributed by atoms with Crippen molar-refractivity contribution in [3.63, 3.8) is 0 Å². The summed E-state index contributed by atoms with van der Waals surface area (Å²) in [4.78, 5) is 17.3. The second-order valence-electron chi connectivity index (χ2n) is 6.52. The third kappa shape index (κ3) is 3.63. The highest BCUT2D eigenvalue weighted by atomic mass is 19.1. The molecule has 136 valence electrons. The predicted octanol–water partition coefficient (Wildman–Crippen LogP) is 2.91. The summed E-state index contributed by atoms with van der Waals surface area (Å²) >= 11 is 0. The number of aromatic amines is 1. The van der Waals surface area contributed by atoms with Gasteiger partial charge in [0, 0.05) is 22.2 Å². The SMILES string of the molecule is CC[NH+](CC(=O)c1c(C)[nH]c2ccccc12)Cc1ccc(OC)c(F)c1. The van der Waals surface area contributed by atoms with Gasteiger partial charge in [-0.05, 0) is 38.1 Å². The van der Waals surface area contributed by atoms with Crippen molar-refractivity contribution in [1.82, 2.24) is 4.98 Å². The topological polar surface area (TPSA) is 46.5 Å². The number of H-pyrrole nitrogens is 1. The minimum Gasteiger partial charge on any atom is -0.494 e. The van der Waals surface area contributed by atoms with Crippen LogP contribution in [0.3, 0.4) is 0 Å². The molecule has 2 N–H and O–H groups in total. The molecule has 0 aliphatic rings. The average molecular weight is 355 g/mol. The molecule has 0 amide bonds. The van der Waals surface area contributed by atoms with Crippen LogP contribution in [0.4, 0.5) is 4.39 Å². The second kappa shape index (κ2) is 7.70. The zero-order valence-corrected chi connectivity index (χ0v) is 15.4. The number of rotatable bonds is 7. The van der Waals surface area contributed by atoms with Crippen molar-refractivity contribution in [1.29, 1.82) is 0 Å². The lowest BCUT2D eigenvalue weighted by Gasteiger charge is -2.17. The molecule has 4 nitrogen and oxygen atoms in total. The third-order valence-electron chi connectivity index (χ3n) is 4.75. The molecule has 1 aromatic heterocycles. The first-order valence-electron chi connectivity index (χ1n) is 8.80. The van der Waals surface area contributed by atoms with Gasteiger partial charge in [0.05, 0.1) is 19.2 Å². The van der Waals surface area contributed by atoms with Crippen molar-refractivity contribution in [3.05, 3.63) is 65.1 Å². The van der Waals surface area contributed by atoms with Crippen LogP contribution in [0, 0.1) is 12.7 Å². The molecule has 0 bridgehead atoms. The summed E-state index contributed by atoms with van der Waals surface area (Å²) in [6, 6.07) is 12.8. The van der Waals surface area contributed by atoms with E-state index in [9.17, 15) is 9.18 Å². The monoisotopic (exact) mass is 355 g/mol. The smallest absolute Gasteiger partial charge is 0.219 e. The molecule has 1 atom stereocenters. The molecular formula is C21H24FN2O2+.